The number of hydrazine groups is 1. The number of hydrogen-bond acceptors (Lipinski definition) is 5. The van der Waals surface area contributed by atoms with Gasteiger partial charge in [-0.2, -0.15) is 0 Å². The Morgan fingerprint density at radius 1 is 1.38 bits per heavy atom. The number of rotatable bonds is 4. The summed E-state index contributed by atoms with van der Waals surface area (Å²) >= 11 is 0. The monoisotopic (exact) mass is 287 g/mol. The quantitative estimate of drug-likeness (QED) is 0.668. The fraction of sp³-hybridized carbons (Fsp3) is 0.333. The Morgan fingerprint density at radius 3 is 3.00 bits per heavy atom. The predicted molar refractivity (Wildman–Crippen MR) is 80.9 cm³/mol. The summed E-state index contributed by atoms with van der Waals surface area (Å²) < 4.78 is 13.6. The molecule has 21 heavy (non-hydrogen) atoms. The first kappa shape index (κ1) is 13.8. The number of nitrogens with two attached hydrogens (primary N) is 1. The van der Waals surface area contributed by atoms with E-state index in [4.69, 9.17) is 5.84 Å². The number of halogens is 1. The summed E-state index contributed by atoms with van der Waals surface area (Å²) in [6.07, 6.45) is 4.15. The van der Waals surface area contributed by atoms with Crippen LogP contribution in [0.25, 0.3) is 0 Å². The van der Waals surface area contributed by atoms with Crippen molar-refractivity contribution in [1.29, 1.82) is 0 Å². The molecule has 0 aliphatic carbocycles. The van der Waals surface area contributed by atoms with Crippen molar-refractivity contribution in [2.45, 2.75) is 26.2 Å². The molecule has 1 aromatic heterocycles. The van der Waals surface area contributed by atoms with Crippen molar-refractivity contribution in [2.75, 3.05) is 16.9 Å². The molecule has 0 atom stereocenters. The lowest BCUT2D eigenvalue weighted by Gasteiger charge is -2.22. The maximum Gasteiger partial charge on any atom is 0.148 e. The summed E-state index contributed by atoms with van der Waals surface area (Å²) in [5.41, 5.74) is 5.62. The summed E-state index contributed by atoms with van der Waals surface area (Å²) in [7, 11) is 0. The van der Waals surface area contributed by atoms with Gasteiger partial charge >= 0.3 is 0 Å². The zero-order valence-electron chi connectivity index (χ0n) is 11.9. The second-order valence-electron chi connectivity index (χ2n) is 5.09. The minimum atomic E-state index is -0.232. The molecule has 1 aliphatic heterocycles. The van der Waals surface area contributed by atoms with Gasteiger partial charge in [0.1, 0.15) is 23.8 Å². The van der Waals surface area contributed by atoms with E-state index in [-0.39, 0.29) is 5.82 Å². The molecule has 0 saturated heterocycles. The molecule has 3 N–H and O–H groups in total. The molecule has 0 bridgehead atoms. The number of nitrogens with one attached hydrogen (secondary N) is 1. The Hall–Kier alpha value is -2.21. The minimum absolute atomic E-state index is 0.232. The zero-order valence-corrected chi connectivity index (χ0v) is 11.9. The number of benzene rings is 1. The van der Waals surface area contributed by atoms with Gasteiger partial charge in [-0.1, -0.05) is 19.4 Å². The van der Waals surface area contributed by atoms with Crippen molar-refractivity contribution in [3.63, 3.8) is 0 Å². The van der Waals surface area contributed by atoms with Crippen LogP contribution in [0.3, 0.4) is 0 Å². The number of nitrogen functional groups attached to an aromatic ring is 1. The highest BCUT2D eigenvalue weighted by Crippen LogP contribution is 2.37. The summed E-state index contributed by atoms with van der Waals surface area (Å²) in [5, 5.41) is 0. The molecule has 0 radical (unpaired) electrons. The molecule has 110 valence electrons. The van der Waals surface area contributed by atoms with E-state index in [1.165, 1.54) is 12.4 Å². The fourth-order valence-corrected chi connectivity index (χ4v) is 2.81. The second-order valence-corrected chi connectivity index (χ2v) is 5.09. The van der Waals surface area contributed by atoms with Crippen molar-refractivity contribution < 1.29 is 4.39 Å². The molecule has 2 aromatic rings. The number of fused-ring (bicyclic) bond motifs is 1. The standard InChI is InChI=1S/C15H18FN5/c1-2-3-12-14(20-17)18-9-19-15(12)21-7-6-10-4-5-11(16)8-13(10)21/h4-5,8-9H,2-3,6-7,17H2,1H3,(H,18,19,20). The lowest BCUT2D eigenvalue weighted by Crippen LogP contribution is -2.20. The van der Waals surface area contributed by atoms with Gasteiger partial charge in [0, 0.05) is 17.8 Å². The molecule has 3 rings (SSSR count). The normalized spacial score (nSPS) is 13.4. The highest BCUT2D eigenvalue weighted by molar-refractivity contribution is 5.72. The van der Waals surface area contributed by atoms with Crippen molar-refractivity contribution in [3.8, 4) is 0 Å². The molecule has 1 aliphatic rings. The average molecular weight is 287 g/mol. The third kappa shape index (κ3) is 2.42. The van der Waals surface area contributed by atoms with Crippen LogP contribution in [0, 0.1) is 5.82 Å². The molecule has 0 amide bonds. The van der Waals surface area contributed by atoms with Crippen LogP contribution in [0.5, 0.6) is 0 Å². The van der Waals surface area contributed by atoms with E-state index in [0.29, 0.717) is 5.82 Å². The lowest BCUT2D eigenvalue weighted by molar-refractivity contribution is 0.628. The van der Waals surface area contributed by atoms with Gasteiger partial charge in [-0.25, -0.2) is 20.2 Å². The van der Waals surface area contributed by atoms with Crippen LogP contribution in [0.1, 0.15) is 24.5 Å². The second kappa shape index (κ2) is 5.65. The highest BCUT2D eigenvalue weighted by Gasteiger charge is 2.25. The maximum absolute atomic E-state index is 13.6. The Labute approximate surface area is 123 Å². The molecular weight excluding hydrogens is 269 g/mol. The Bertz CT molecular complexity index is 659. The van der Waals surface area contributed by atoms with E-state index in [2.05, 4.69) is 22.3 Å². The first-order chi connectivity index (χ1) is 10.2. The molecule has 0 unspecified atom stereocenters. The van der Waals surface area contributed by atoms with Crippen LogP contribution in [-0.4, -0.2) is 16.5 Å². The third-order valence-electron chi connectivity index (χ3n) is 3.76. The molecule has 0 saturated carbocycles. The van der Waals surface area contributed by atoms with E-state index in [1.807, 2.05) is 11.0 Å². The first-order valence-electron chi connectivity index (χ1n) is 7.11. The topological polar surface area (TPSA) is 67.1 Å². The van der Waals surface area contributed by atoms with E-state index in [9.17, 15) is 4.39 Å². The summed E-state index contributed by atoms with van der Waals surface area (Å²) in [6.45, 7) is 2.88. The van der Waals surface area contributed by atoms with Gasteiger partial charge in [-0.15, -0.1) is 0 Å². The van der Waals surface area contributed by atoms with E-state index < -0.39 is 0 Å². The van der Waals surface area contributed by atoms with E-state index >= 15 is 0 Å². The van der Waals surface area contributed by atoms with Crippen molar-refractivity contribution in [1.82, 2.24) is 9.97 Å². The summed E-state index contributed by atoms with van der Waals surface area (Å²) in [5.74, 6) is 6.76. The lowest BCUT2D eigenvalue weighted by atomic mass is 10.1. The number of aromatic nitrogens is 2. The van der Waals surface area contributed by atoms with Gasteiger partial charge < -0.3 is 10.3 Å². The molecule has 6 heteroatoms. The van der Waals surface area contributed by atoms with Crippen LogP contribution >= 0.6 is 0 Å². The molecule has 5 nitrogen and oxygen atoms in total. The molecular formula is C15H18FN5. The van der Waals surface area contributed by atoms with E-state index in [1.54, 1.807) is 6.07 Å². The number of hydrogen-bond donors (Lipinski definition) is 2. The van der Waals surface area contributed by atoms with Crippen LogP contribution in [-0.2, 0) is 12.8 Å². The summed E-state index contributed by atoms with van der Waals surface area (Å²) in [6, 6.07) is 4.91. The number of nitrogens with zero attached hydrogens (tertiary/aromatic N) is 3. The highest BCUT2D eigenvalue weighted by atomic mass is 19.1. The average Bonchev–Trinajstić information content (AvgIpc) is 2.90. The maximum atomic E-state index is 13.6. The van der Waals surface area contributed by atoms with Gasteiger partial charge in [-0.05, 0) is 30.5 Å². The van der Waals surface area contributed by atoms with Crippen molar-refractivity contribution in [3.05, 3.63) is 41.5 Å². The molecule has 2 heterocycles. The molecule has 0 spiro atoms. The van der Waals surface area contributed by atoms with Crippen LogP contribution in [0.15, 0.2) is 24.5 Å². The van der Waals surface area contributed by atoms with Crippen LogP contribution in [0.2, 0.25) is 0 Å². The fourth-order valence-electron chi connectivity index (χ4n) is 2.81. The zero-order chi connectivity index (χ0) is 14.8. The predicted octanol–water partition coefficient (Wildman–Crippen LogP) is 2.55. The number of anilines is 3. The first-order valence-corrected chi connectivity index (χ1v) is 7.11. The van der Waals surface area contributed by atoms with Crippen molar-refractivity contribution in [2.24, 2.45) is 5.84 Å². The minimum Gasteiger partial charge on any atom is -0.325 e. The third-order valence-corrected chi connectivity index (χ3v) is 3.76. The Morgan fingerprint density at radius 2 is 2.24 bits per heavy atom. The van der Waals surface area contributed by atoms with Gasteiger partial charge in [0.05, 0.1) is 0 Å². The Kier molecular flexibility index (Phi) is 3.70. The van der Waals surface area contributed by atoms with Gasteiger partial charge in [0.2, 0.25) is 0 Å². The van der Waals surface area contributed by atoms with Gasteiger partial charge in [-0.3, -0.25) is 0 Å². The van der Waals surface area contributed by atoms with Crippen LogP contribution < -0.4 is 16.2 Å². The SMILES string of the molecule is CCCc1c(NN)ncnc1N1CCc2ccc(F)cc21. The summed E-state index contributed by atoms with van der Waals surface area (Å²) in [4.78, 5) is 10.6. The van der Waals surface area contributed by atoms with Crippen LogP contribution in [0.4, 0.5) is 21.7 Å². The van der Waals surface area contributed by atoms with Gasteiger partial charge in [0.25, 0.3) is 0 Å². The largest absolute Gasteiger partial charge is 0.325 e. The Balaban J connectivity index is 2.08. The van der Waals surface area contributed by atoms with Crippen molar-refractivity contribution >= 4 is 17.3 Å². The molecule has 1 aromatic carbocycles. The molecule has 0 fully saturated rings. The van der Waals surface area contributed by atoms with E-state index in [0.717, 1.165) is 48.4 Å². The van der Waals surface area contributed by atoms with Gasteiger partial charge in [0.15, 0.2) is 0 Å². The smallest absolute Gasteiger partial charge is 0.148 e.